The van der Waals surface area contributed by atoms with E-state index in [4.69, 9.17) is 4.74 Å². The number of hydrogen-bond donors (Lipinski definition) is 0. The lowest BCUT2D eigenvalue weighted by Gasteiger charge is -2.27. The van der Waals surface area contributed by atoms with E-state index in [-0.39, 0.29) is 5.78 Å². The molecule has 2 unspecified atom stereocenters. The molecule has 1 aliphatic heterocycles. The maximum absolute atomic E-state index is 13.5. The van der Waals surface area contributed by atoms with Crippen molar-refractivity contribution in [3.63, 3.8) is 0 Å². The Hall–Kier alpha value is -3.06. The molecular weight excluding hydrogens is 382 g/mol. The van der Waals surface area contributed by atoms with Crippen molar-refractivity contribution in [1.82, 2.24) is 14.8 Å². The van der Waals surface area contributed by atoms with E-state index in [9.17, 15) is 14.4 Å². The second-order valence-electron chi connectivity index (χ2n) is 7.77. The van der Waals surface area contributed by atoms with Gasteiger partial charge in [-0.1, -0.05) is 6.07 Å². The Kier molecular flexibility index (Phi) is 6.62. The topological polar surface area (TPSA) is 79.8 Å². The van der Waals surface area contributed by atoms with Gasteiger partial charge in [0, 0.05) is 24.5 Å². The van der Waals surface area contributed by atoms with Crippen molar-refractivity contribution in [3.8, 4) is 5.75 Å². The first-order chi connectivity index (χ1) is 14.3. The standard InChI is InChI=1S/C23H27N3O4/c1-15-13-17(30-4)8-9-18(15)21(27)19-20(16-7-5-10-24-14-16)26(23(29)22(19)28)12-6-11-25(2)3/h5,7-10,13-14,19-20H,6,11-12H2,1-4H3. The lowest BCUT2D eigenvalue weighted by Crippen LogP contribution is -2.33. The number of ketones is 2. The Morgan fingerprint density at radius 2 is 2.00 bits per heavy atom. The first-order valence-corrected chi connectivity index (χ1v) is 9.93. The number of rotatable bonds is 8. The number of benzene rings is 1. The largest absolute Gasteiger partial charge is 0.497 e. The molecule has 0 saturated carbocycles. The van der Waals surface area contributed by atoms with Gasteiger partial charge in [-0.05, 0) is 69.4 Å². The fourth-order valence-electron chi connectivity index (χ4n) is 3.92. The van der Waals surface area contributed by atoms with Gasteiger partial charge in [-0.3, -0.25) is 19.4 Å². The number of amides is 1. The summed E-state index contributed by atoms with van der Waals surface area (Å²) in [5, 5.41) is 0. The van der Waals surface area contributed by atoms with E-state index in [0.29, 0.717) is 35.4 Å². The Morgan fingerprint density at radius 3 is 2.60 bits per heavy atom. The maximum atomic E-state index is 13.5. The van der Waals surface area contributed by atoms with Crippen LogP contribution in [-0.2, 0) is 9.59 Å². The number of aromatic nitrogens is 1. The molecular formula is C23H27N3O4. The smallest absolute Gasteiger partial charge is 0.291 e. The highest BCUT2D eigenvalue weighted by atomic mass is 16.5. The van der Waals surface area contributed by atoms with Crippen molar-refractivity contribution in [2.24, 2.45) is 5.92 Å². The molecule has 2 heterocycles. The van der Waals surface area contributed by atoms with Crippen molar-refractivity contribution >= 4 is 17.5 Å². The van der Waals surface area contributed by atoms with Gasteiger partial charge >= 0.3 is 0 Å². The number of methoxy groups -OCH3 is 1. The van der Waals surface area contributed by atoms with Gasteiger partial charge in [-0.25, -0.2) is 0 Å². The normalized spacial score (nSPS) is 18.9. The molecule has 0 bridgehead atoms. The van der Waals surface area contributed by atoms with Crippen LogP contribution in [0.25, 0.3) is 0 Å². The predicted molar refractivity (Wildman–Crippen MR) is 112 cm³/mol. The molecule has 1 fully saturated rings. The first kappa shape index (κ1) is 21.6. The van der Waals surface area contributed by atoms with Gasteiger partial charge in [0.25, 0.3) is 5.91 Å². The molecule has 158 valence electrons. The molecule has 0 aliphatic carbocycles. The average Bonchev–Trinajstić information content (AvgIpc) is 2.98. The van der Waals surface area contributed by atoms with E-state index < -0.39 is 23.7 Å². The molecule has 1 aliphatic rings. The molecule has 1 saturated heterocycles. The molecule has 1 amide bonds. The van der Waals surface area contributed by atoms with E-state index in [1.54, 1.807) is 50.7 Å². The number of likely N-dealkylation sites (tertiary alicyclic amines) is 1. The van der Waals surface area contributed by atoms with Crippen molar-refractivity contribution in [2.45, 2.75) is 19.4 Å². The summed E-state index contributed by atoms with van der Waals surface area (Å²) >= 11 is 0. The van der Waals surface area contributed by atoms with E-state index in [1.165, 1.54) is 4.90 Å². The predicted octanol–water partition coefficient (Wildman–Crippen LogP) is 2.30. The van der Waals surface area contributed by atoms with Gasteiger partial charge in [-0.15, -0.1) is 0 Å². The van der Waals surface area contributed by atoms with E-state index in [1.807, 2.05) is 25.1 Å². The van der Waals surface area contributed by atoms with Crippen LogP contribution in [0.2, 0.25) is 0 Å². The second-order valence-corrected chi connectivity index (χ2v) is 7.77. The summed E-state index contributed by atoms with van der Waals surface area (Å²) in [6.45, 7) is 2.96. The summed E-state index contributed by atoms with van der Waals surface area (Å²) in [5.41, 5.74) is 1.81. The van der Waals surface area contributed by atoms with Crippen molar-refractivity contribution in [2.75, 3.05) is 34.3 Å². The van der Waals surface area contributed by atoms with Crippen LogP contribution in [0.15, 0.2) is 42.7 Å². The minimum atomic E-state index is -1.09. The van der Waals surface area contributed by atoms with Crippen LogP contribution < -0.4 is 4.74 Å². The average molecular weight is 409 g/mol. The molecule has 1 aromatic heterocycles. The summed E-state index contributed by atoms with van der Waals surface area (Å²) in [6, 6.07) is 8.00. The van der Waals surface area contributed by atoms with Crippen LogP contribution in [0.1, 0.15) is 33.9 Å². The molecule has 0 spiro atoms. The number of carbonyl (C=O) groups is 3. The monoisotopic (exact) mass is 409 g/mol. The molecule has 1 aromatic carbocycles. The minimum absolute atomic E-state index is 0.350. The van der Waals surface area contributed by atoms with Crippen LogP contribution in [0.5, 0.6) is 5.75 Å². The lowest BCUT2D eigenvalue weighted by atomic mass is 9.85. The third-order valence-corrected chi connectivity index (χ3v) is 5.42. The van der Waals surface area contributed by atoms with Crippen molar-refractivity contribution in [1.29, 1.82) is 0 Å². The Labute approximate surface area is 176 Å². The number of aryl methyl sites for hydroxylation is 1. The highest BCUT2D eigenvalue weighted by molar-refractivity contribution is 6.44. The molecule has 7 heteroatoms. The third-order valence-electron chi connectivity index (χ3n) is 5.42. The molecule has 3 rings (SSSR count). The summed E-state index contributed by atoms with van der Waals surface area (Å²) in [5.74, 6) is -2.07. The quantitative estimate of drug-likeness (QED) is 0.378. The van der Waals surface area contributed by atoms with Crippen molar-refractivity contribution in [3.05, 3.63) is 59.4 Å². The van der Waals surface area contributed by atoms with E-state index >= 15 is 0 Å². The zero-order valence-electron chi connectivity index (χ0n) is 17.8. The zero-order valence-corrected chi connectivity index (χ0v) is 17.8. The third kappa shape index (κ3) is 4.26. The number of ether oxygens (including phenoxy) is 1. The first-order valence-electron chi connectivity index (χ1n) is 9.93. The number of nitrogens with zero attached hydrogens (tertiary/aromatic N) is 3. The van der Waals surface area contributed by atoms with Gasteiger partial charge in [-0.2, -0.15) is 0 Å². The van der Waals surface area contributed by atoms with Crippen molar-refractivity contribution < 1.29 is 19.1 Å². The van der Waals surface area contributed by atoms with Gasteiger partial charge in [0.15, 0.2) is 5.78 Å². The molecule has 2 aromatic rings. The highest BCUT2D eigenvalue weighted by Gasteiger charge is 2.51. The minimum Gasteiger partial charge on any atom is -0.497 e. The molecule has 2 atom stereocenters. The fourth-order valence-corrected chi connectivity index (χ4v) is 3.92. The molecule has 0 radical (unpaired) electrons. The lowest BCUT2D eigenvalue weighted by molar-refractivity contribution is -0.140. The highest BCUT2D eigenvalue weighted by Crippen LogP contribution is 2.38. The Balaban J connectivity index is 1.99. The van der Waals surface area contributed by atoms with Crippen LogP contribution in [0, 0.1) is 12.8 Å². The van der Waals surface area contributed by atoms with Gasteiger partial charge in [0.2, 0.25) is 5.78 Å². The fraction of sp³-hybridized carbons (Fsp3) is 0.391. The molecule has 30 heavy (non-hydrogen) atoms. The van der Waals surface area contributed by atoms with Gasteiger partial charge in [0.05, 0.1) is 13.2 Å². The van der Waals surface area contributed by atoms with Crippen LogP contribution in [-0.4, -0.2) is 66.6 Å². The summed E-state index contributed by atoms with van der Waals surface area (Å²) < 4.78 is 5.21. The summed E-state index contributed by atoms with van der Waals surface area (Å²) in [4.78, 5) is 47.0. The second kappa shape index (κ2) is 9.17. The molecule has 7 nitrogen and oxygen atoms in total. The summed E-state index contributed by atoms with van der Waals surface area (Å²) in [7, 11) is 5.46. The number of carbonyl (C=O) groups excluding carboxylic acids is 3. The van der Waals surface area contributed by atoms with Gasteiger partial charge in [0.1, 0.15) is 11.7 Å². The number of pyridine rings is 1. The summed E-state index contributed by atoms with van der Waals surface area (Å²) in [6.07, 6.45) is 3.95. The van der Waals surface area contributed by atoms with E-state index in [2.05, 4.69) is 4.98 Å². The Morgan fingerprint density at radius 1 is 1.23 bits per heavy atom. The van der Waals surface area contributed by atoms with Gasteiger partial charge < -0.3 is 14.5 Å². The molecule has 0 N–H and O–H groups in total. The van der Waals surface area contributed by atoms with Crippen LogP contribution >= 0.6 is 0 Å². The SMILES string of the molecule is COc1ccc(C(=O)C2C(=O)C(=O)N(CCCN(C)C)C2c2cccnc2)c(C)c1. The van der Waals surface area contributed by atoms with Crippen LogP contribution in [0.4, 0.5) is 0 Å². The zero-order chi connectivity index (χ0) is 21.8. The maximum Gasteiger partial charge on any atom is 0.291 e. The number of Topliss-reactive ketones (excluding diaryl/α,β-unsaturated/α-hetero) is 2. The van der Waals surface area contributed by atoms with E-state index in [0.717, 1.165) is 6.54 Å². The Bertz CT molecular complexity index is 943. The number of hydrogen-bond acceptors (Lipinski definition) is 6. The van der Waals surface area contributed by atoms with Crippen LogP contribution in [0.3, 0.4) is 0 Å².